The van der Waals surface area contributed by atoms with Gasteiger partial charge < -0.3 is 19.1 Å². The molecule has 2 aliphatic heterocycles. The molecule has 0 aliphatic carbocycles. The first-order chi connectivity index (χ1) is 13.7. The summed E-state index contributed by atoms with van der Waals surface area (Å²) in [7, 11) is 0. The third-order valence-electron chi connectivity index (χ3n) is 4.95. The second-order valence-electron chi connectivity index (χ2n) is 6.97. The average Bonchev–Trinajstić information content (AvgIpc) is 3.41. The Hall–Kier alpha value is -2.31. The fraction of sp³-hybridized carbons (Fsp3) is 0.409. The normalized spacial score (nSPS) is 18.2. The maximum Gasteiger partial charge on any atom is 0.253 e. The fourth-order valence-corrected chi connectivity index (χ4v) is 4.34. The van der Waals surface area contributed by atoms with E-state index in [1.54, 1.807) is 11.3 Å². The molecule has 1 saturated heterocycles. The van der Waals surface area contributed by atoms with Crippen LogP contribution in [-0.2, 0) is 16.1 Å². The monoisotopic (exact) mass is 399 g/mol. The predicted molar refractivity (Wildman–Crippen MR) is 110 cm³/mol. The molecule has 1 fully saturated rings. The number of rotatable bonds is 7. The van der Waals surface area contributed by atoms with Gasteiger partial charge in [-0.2, -0.15) is 0 Å². The Morgan fingerprint density at radius 3 is 3.00 bits per heavy atom. The number of hydrogen-bond donors (Lipinski definition) is 0. The summed E-state index contributed by atoms with van der Waals surface area (Å²) in [6, 6.07) is 9.85. The van der Waals surface area contributed by atoms with E-state index in [9.17, 15) is 4.79 Å². The highest BCUT2D eigenvalue weighted by Gasteiger charge is 2.27. The molecule has 1 amide bonds. The highest BCUT2D eigenvalue weighted by Crippen LogP contribution is 2.36. The van der Waals surface area contributed by atoms with Gasteiger partial charge in [0.1, 0.15) is 6.61 Å². The van der Waals surface area contributed by atoms with E-state index in [0.717, 1.165) is 30.8 Å². The van der Waals surface area contributed by atoms with Crippen molar-refractivity contribution in [2.75, 3.05) is 26.4 Å². The second-order valence-corrected chi connectivity index (χ2v) is 8.00. The number of ether oxygens (including phenoxy) is 3. The number of nitrogens with zero attached hydrogens (tertiary/aromatic N) is 1. The van der Waals surface area contributed by atoms with Crippen molar-refractivity contribution in [3.8, 4) is 11.5 Å². The number of fused-ring (bicyclic) bond motifs is 1. The lowest BCUT2D eigenvalue weighted by molar-refractivity contribution is -0.129. The van der Waals surface area contributed by atoms with Crippen LogP contribution in [0, 0.1) is 0 Å². The van der Waals surface area contributed by atoms with E-state index in [-0.39, 0.29) is 18.6 Å². The Morgan fingerprint density at radius 2 is 2.25 bits per heavy atom. The Bertz CT molecular complexity index is 840. The first-order valence-electron chi connectivity index (χ1n) is 9.77. The van der Waals surface area contributed by atoms with E-state index < -0.39 is 0 Å². The highest BCUT2D eigenvalue weighted by atomic mass is 32.1. The molecular weight excluding hydrogens is 374 g/mol. The highest BCUT2D eigenvalue weighted by molar-refractivity contribution is 7.09. The van der Waals surface area contributed by atoms with Gasteiger partial charge in [-0.1, -0.05) is 18.2 Å². The fourth-order valence-electron chi connectivity index (χ4n) is 3.62. The van der Waals surface area contributed by atoms with E-state index in [4.69, 9.17) is 14.2 Å². The molecule has 4 rings (SSSR count). The summed E-state index contributed by atoms with van der Waals surface area (Å²) in [5.41, 5.74) is 1.55. The molecule has 0 spiro atoms. The van der Waals surface area contributed by atoms with Crippen molar-refractivity contribution >= 4 is 23.3 Å². The minimum Gasteiger partial charge on any atom is -0.490 e. The molecule has 1 aromatic heterocycles. The van der Waals surface area contributed by atoms with Gasteiger partial charge in [0.05, 0.1) is 24.8 Å². The van der Waals surface area contributed by atoms with E-state index in [1.807, 2.05) is 47.5 Å². The van der Waals surface area contributed by atoms with Crippen molar-refractivity contribution in [3.63, 3.8) is 0 Å². The zero-order valence-corrected chi connectivity index (χ0v) is 16.9. The van der Waals surface area contributed by atoms with Crippen LogP contribution in [-0.4, -0.2) is 43.3 Å². The van der Waals surface area contributed by atoms with Crippen LogP contribution in [0.25, 0.3) is 6.08 Å². The van der Waals surface area contributed by atoms with E-state index >= 15 is 0 Å². The molecule has 28 heavy (non-hydrogen) atoms. The lowest BCUT2D eigenvalue weighted by Gasteiger charge is -2.28. The number of para-hydroxylation sites is 1. The molecule has 0 saturated carbocycles. The number of amides is 1. The Balaban J connectivity index is 1.56. The Kier molecular flexibility index (Phi) is 5.98. The first kappa shape index (κ1) is 19.0. The van der Waals surface area contributed by atoms with Gasteiger partial charge in [-0.3, -0.25) is 4.79 Å². The summed E-state index contributed by atoms with van der Waals surface area (Å²) >= 11 is 1.67. The van der Waals surface area contributed by atoms with Crippen molar-refractivity contribution in [3.05, 3.63) is 51.7 Å². The number of carbonyl (C=O) groups is 1. The van der Waals surface area contributed by atoms with Crippen LogP contribution in [0.5, 0.6) is 11.5 Å². The molecule has 1 atom stereocenters. The van der Waals surface area contributed by atoms with Gasteiger partial charge in [0.15, 0.2) is 11.5 Å². The third kappa shape index (κ3) is 4.23. The minimum atomic E-state index is 0.0105. The summed E-state index contributed by atoms with van der Waals surface area (Å²) in [6.45, 7) is 4.76. The number of hydrogen-bond acceptors (Lipinski definition) is 5. The molecule has 3 heterocycles. The predicted octanol–water partition coefficient (Wildman–Crippen LogP) is 4.13. The molecular formula is C22H25NO4S. The van der Waals surface area contributed by atoms with Crippen LogP contribution in [0.15, 0.2) is 41.3 Å². The Labute approximate surface area is 169 Å². The standard InChI is InChI=1S/C22H25NO4S/c1-2-25-20-9-3-6-16-12-17(15-27-21(16)20)22(24)23(13-18-7-4-10-26-18)14-19-8-5-11-28-19/h3,5-6,8-9,11-12,18H,2,4,7,10,13-15H2,1H3. The molecule has 2 aromatic rings. The van der Waals surface area contributed by atoms with Gasteiger partial charge in [-0.15, -0.1) is 11.3 Å². The number of thiophene rings is 1. The summed E-state index contributed by atoms with van der Waals surface area (Å²) in [5, 5.41) is 2.04. The maximum atomic E-state index is 13.3. The summed E-state index contributed by atoms with van der Waals surface area (Å²) in [4.78, 5) is 16.4. The van der Waals surface area contributed by atoms with Crippen molar-refractivity contribution < 1.29 is 19.0 Å². The summed E-state index contributed by atoms with van der Waals surface area (Å²) in [6.07, 6.45) is 4.11. The lowest BCUT2D eigenvalue weighted by Crippen LogP contribution is -2.38. The molecule has 0 bridgehead atoms. The van der Waals surface area contributed by atoms with E-state index in [0.29, 0.717) is 31.0 Å². The van der Waals surface area contributed by atoms with Crippen LogP contribution >= 0.6 is 11.3 Å². The zero-order chi connectivity index (χ0) is 19.3. The first-order valence-corrected chi connectivity index (χ1v) is 10.6. The van der Waals surface area contributed by atoms with Crippen LogP contribution in [0.2, 0.25) is 0 Å². The molecule has 6 heteroatoms. The molecule has 2 aliphatic rings. The molecule has 5 nitrogen and oxygen atoms in total. The largest absolute Gasteiger partial charge is 0.490 e. The van der Waals surface area contributed by atoms with Crippen molar-refractivity contribution in [2.24, 2.45) is 0 Å². The van der Waals surface area contributed by atoms with Crippen molar-refractivity contribution in [1.82, 2.24) is 4.90 Å². The third-order valence-corrected chi connectivity index (χ3v) is 5.81. The maximum absolute atomic E-state index is 13.3. The van der Waals surface area contributed by atoms with Crippen LogP contribution in [0.1, 0.15) is 30.2 Å². The second kappa shape index (κ2) is 8.80. The van der Waals surface area contributed by atoms with E-state index in [2.05, 4.69) is 6.07 Å². The van der Waals surface area contributed by atoms with Crippen LogP contribution in [0.3, 0.4) is 0 Å². The topological polar surface area (TPSA) is 48.0 Å². The van der Waals surface area contributed by atoms with Crippen molar-refractivity contribution in [1.29, 1.82) is 0 Å². The molecule has 0 radical (unpaired) electrons. The summed E-state index contributed by atoms with van der Waals surface area (Å²) < 4.78 is 17.3. The minimum absolute atomic E-state index is 0.0105. The van der Waals surface area contributed by atoms with E-state index in [1.165, 1.54) is 4.88 Å². The van der Waals surface area contributed by atoms with Gasteiger partial charge >= 0.3 is 0 Å². The van der Waals surface area contributed by atoms with Gasteiger partial charge in [-0.05, 0) is 43.4 Å². The molecule has 148 valence electrons. The van der Waals surface area contributed by atoms with Crippen LogP contribution < -0.4 is 9.47 Å². The van der Waals surface area contributed by atoms with Gasteiger partial charge in [0.2, 0.25) is 0 Å². The van der Waals surface area contributed by atoms with Gasteiger partial charge in [-0.25, -0.2) is 0 Å². The zero-order valence-electron chi connectivity index (χ0n) is 16.1. The molecule has 1 unspecified atom stereocenters. The quantitative estimate of drug-likeness (QED) is 0.702. The smallest absolute Gasteiger partial charge is 0.253 e. The lowest BCUT2D eigenvalue weighted by atomic mass is 10.1. The van der Waals surface area contributed by atoms with Gasteiger partial charge in [0.25, 0.3) is 5.91 Å². The number of benzene rings is 1. The Morgan fingerprint density at radius 1 is 1.32 bits per heavy atom. The van der Waals surface area contributed by atoms with Crippen LogP contribution in [0.4, 0.5) is 0 Å². The summed E-state index contributed by atoms with van der Waals surface area (Å²) in [5.74, 6) is 1.44. The van der Waals surface area contributed by atoms with Gasteiger partial charge in [0, 0.05) is 23.6 Å². The SMILES string of the molecule is CCOc1cccc2c1OCC(C(=O)N(Cc1cccs1)CC1CCCO1)=C2. The molecule has 0 N–H and O–H groups in total. The average molecular weight is 400 g/mol. The molecule has 1 aromatic carbocycles. The van der Waals surface area contributed by atoms with Crippen molar-refractivity contribution in [2.45, 2.75) is 32.4 Å². The number of carbonyl (C=O) groups excluding carboxylic acids is 1.